The van der Waals surface area contributed by atoms with Crippen LogP contribution in [0.4, 0.5) is 5.69 Å². The molecule has 1 aliphatic heterocycles. The van der Waals surface area contributed by atoms with Gasteiger partial charge in [-0.2, -0.15) is 0 Å². The molecule has 2 aromatic carbocycles. The van der Waals surface area contributed by atoms with Gasteiger partial charge < -0.3 is 14.8 Å². The van der Waals surface area contributed by atoms with Crippen molar-refractivity contribution in [2.75, 3.05) is 23.8 Å². The van der Waals surface area contributed by atoms with E-state index in [2.05, 4.69) is 38.2 Å². The van der Waals surface area contributed by atoms with Crippen LogP contribution in [0.25, 0.3) is 0 Å². The van der Waals surface area contributed by atoms with Crippen molar-refractivity contribution in [2.24, 2.45) is 0 Å². The van der Waals surface area contributed by atoms with Gasteiger partial charge >= 0.3 is 0 Å². The van der Waals surface area contributed by atoms with Crippen molar-refractivity contribution in [3.63, 3.8) is 0 Å². The number of anilines is 1. The number of hydrogen-bond donors (Lipinski definition) is 1. The summed E-state index contributed by atoms with van der Waals surface area (Å²) in [6.07, 6.45) is 1.09. The molecule has 1 N–H and O–H groups in total. The summed E-state index contributed by atoms with van der Waals surface area (Å²) in [4.78, 5) is 13.0. The van der Waals surface area contributed by atoms with Gasteiger partial charge in [0.1, 0.15) is 19.3 Å². The lowest BCUT2D eigenvalue weighted by Gasteiger charge is -2.30. The average molecular weight is 461 g/mol. The molecule has 174 valence electrons. The number of carbonyl (C=O) groups excluding carboxylic acids is 1. The highest BCUT2D eigenvalue weighted by molar-refractivity contribution is 7.92. The molecule has 0 spiro atoms. The predicted molar refractivity (Wildman–Crippen MR) is 126 cm³/mol. The number of carbonyl (C=O) groups is 1. The minimum Gasteiger partial charge on any atom is -0.486 e. The van der Waals surface area contributed by atoms with Crippen molar-refractivity contribution in [1.29, 1.82) is 0 Å². The lowest BCUT2D eigenvalue weighted by Crippen LogP contribution is -2.48. The standard InChI is InChI=1S/C24H32N2O5S/c1-16(18-7-9-19(10-8-18)24(3,4)5)25-23(27)17(2)26(32(6,28)29)20-11-12-21-22(15-20)31-14-13-30-21/h7-12,15-17H,13-14H2,1-6H3,(H,25,27). The Morgan fingerprint density at radius 3 is 2.16 bits per heavy atom. The van der Waals surface area contributed by atoms with E-state index < -0.39 is 22.0 Å². The van der Waals surface area contributed by atoms with Crippen LogP contribution in [0.2, 0.25) is 0 Å². The van der Waals surface area contributed by atoms with Crippen molar-refractivity contribution in [1.82, 2.24) is 5.32 Å². The van der Waals surface area contributed by atoms with Gasteiger partial charge in [-0.3, -0.25) is 9.10 Å². The maximum absolute atomic E-state index is 13.0. The Hall–Kier alpha value is -2.74. The zero-order valence-electron chi connectivity index (χ0n) is 19.5. The summed E-state index contributed by atoms with van der Waals surface area (Å²) in [5, 5.41) is 2.94. The van der Waals surface area contributed by atoms with Gasteiger partial charge in [-0.1, -0.05) is 45.0 Å². The van der Waals surface area contributed by atoms with Gasteiger partial charge in [0.25, 0.3) is 0 Å². The van der Waals surface area contributed by atoms with Crippen LogP contribution < -0.4 is 19.1 Å². The molecule has 0 bridgehead atoms. The Balaban J connectivity index is 1.79. The number of benzene rings is 2. The molecule has 0 radical (unpaired) electrons. The highest BCUT2D eigenvalue weighted by atomic mass is 32.2. The number of amides is 1. The van der Waals surface area contributed by atoms with E-state index in [9.17, 15) is 13.2 Å². The quantitative estimate of drug-likeness (QED) is 0.709. The molecule has 1 amide bonds. The summed E-state index contributed by atoms with van der Waals surface area (Å²) in [7, 11) is -3.74. The smallest absolute Gasteiger partial charge is 0.244 e. The molecular weight excluding hydrogens is 428 g/mol. The summed E-state index contributed by atoms with van der Waals surface area (Å²) < 4.78 is 37.4. The fraction of sp³-hybridized carbons (Fsp3) is 0.458. The molecule has 32 heavy (non-hydrogen) atoms. The van der Waals surface area contributed by atoms with Crippen molar-refractivity contribution in [2.45, 2.75) is 52.1 Å². The van der Waals surface area contributed by atoms with Gasteiger partial charge in [0.15, 0.2) is 11.5 Å². The SMILES string of the molecule is CC(NC(=O)C(C)N(c1ccc2c(c1)OCCO2)S(C)(=O)=O)c1ccc(C(C)(C)C)cc1. The molecule has 2 atom stereocenters. The molecule has 1 heterocycles. The average Bonchev–Trinajstić information content (AvgIpc) is 2.72. The second-order valence-corrected chi connectivity index (χ2v) is 11.0. The zero-order chi connectivity index (χ0) is 23.7. The van der Waals surface area contributed by atoms with E-state index in [1.807, 2.05) is 19.1 Å². The molecular formula is C24H32N2O5S. The van der Waals surface area contributed by atoms with E-state index in [0.717, 1.165) is 16.1 Å². The Morgan fingerprint density at radius 1 is 1.00 bits per heavy atom. The van der Waals surface area contributed by atoms with Crippen LogP contribution in [-0.4, -0.2) is 39.8 Å². The van der Waals surface area contributed by atoms with E-state index >= 15 is 0 Å². The van der Waals surface area contributed by atoms with Gasteiger partial charge in [0.05, 0.1) is 18.0 Å². The fourth-order valence-corrected chi connectivity index (χ4v) is 4.83. The molecule has 2 aromatic rings. The number of sulfonamides is 1. The molecule has 3 rings (SSSR count). The molecule has 0 fully saturated rings. The fourth-order valence-electron chi connectivity index (χ4n) is 3.67. The number of nitrogens with zero attached hydrogens (tertiary/aromatic N) is 1. The van der Waals surface area contributed by atoms with E-state index in [-0.39, 0.29) is 11.5 Å². The van der Waals surface area contributed by atoms with Crippen LogP contribution in [-0.2, 0) is 20.2 Å². The van der Waals surface area contributed by atoms with Crippen molar-refractivity contribution < 1.29 is 22.7 Å². The second-order valence-electron chi connectivity index (χ2n) is 9.17. The van der Waals surface area contributed by atoms with Crippen molar-refractivity contribution in [3.8, 4) is 11.5 Å². The minimum absolute atomic E-state index is 0.0408. The first-order chi connectivity index (χ1) is 14.9. The van der Waals surface area contributed by atoms with Crippen molar-refractivity contribution in [3.05, 3.63) is 53.6 Å². The summed E-state index contributed by atoms with van der Waals surface area (Å²) in [6, 6.07) is 11.7. The van der Waals surface area contributed by atoms with Crippen molar-refractivity contribution >= 4 is 21.6 Å². The number of hydrogen-bond acceptors (Lipinski definition) is 5. The van der Waals surface area contributed by atoms with Crippen LogP contribution in [0.5, 0.6) is 11.5 Å². The van der Waals surface area contributed by atoms with E-state index in [0.29, 0.717) is 30.4 Å². The number of ether oxygens (including phenoxy) is 2. The van der Waals surface area contributed by atoms with E-state index in [1.54, 1.807) is 25.1 Å². The van der Waals surface area contributed by atoms with Gasteiger partial charge in [-0.25, -0.2) is 8.42 Å². The molecule has 0 saturated carbocycles. The largest absolute Gasteiger partial charge is 0.486 e. The van der Waals surface area contributed by atoms with Crippen LogP contribution in [0.1, 0.15) is 51.8 Å². The van der Waals surface area contributed by atoms with Gasteiger partial charge in [-0.05, 0) is 42.5 Å². The number of fused-ring (bicyclic) bond motifs is 1. The summed E-state index contributed by atoms with van der Waals surface area (Å²) in [5.74, 6) is 0.623. The first-order valence-corrected chi connectivity index (χ1v) is 12.5. The Bertz CT molecular complexity index is 1070. The minimum atomic E-state index is -3.74. The summed E-state index contributed by atoms with van der Waals surface area (Å²) in [6.45, 7) is 10.7. The molecule has 7 nitrogen and oxygen atoms in total. The van der Waals surface area contributed by atoms with Crippen LogP contribution >= 0.6 is 0 Å². The normalized spacial score (nSPS) is 15.6. The van der Waals surface area contributed by atoms with E-state index in [4.69, 9.17) is 9.47 Å². The van der Waals surface area contributed by atoms with E-state index in [1.165, 1.54) is 5.56 Å². The third-order valence-corrected chi connectivity index (χ3v) is 6.75. The number of nitrogens with one attached hydrogen (secondary N) is 1. The van der Waals surface area contributed by atoms with Crippen LogP contribution in [0.3, 0.4) is 0 Å². The summed E-state index contributed by atoms with van der Waals surface area (Å²) in [5.41, 5.74) is 2.54. The lowest BCUT2D eigenvalue weighted by molar-refractivity contribution is -0.122. The van der Waals surface area contributed by atoms with Gasteiger partial charge in [-0.15, -0.1) is 0 Å². The third-order valence-electron chi connectivity index (χ3n) is 5.50. The summed E-state index contributed by atoms with van der Waals surface area (Å²) >= 11 is 0. The molecule has 8 heteroatoms. The third kappa shape index (κ3) is 5.35. The molecule has 0 aliphatic carbocycles. The van der Waals surface area contributed by atoms with Gasteiger partial charge in [0, 0.05) is 6.07 Å². The first kappa shape index (κ1) is 23.9. The Morgan fingerprint density at radius 2 is 1.59 bits per heavy atom. The highest BCUT2D eigenvalue weighted by Crippen LogP contribution is 2.35. The van der Waals surface area contributed by atoms with Crippen LogP contribution in [0.15, 0.2) is 42.5 Å². The molecule has 1 aliphatic rings. The molecule has 0 saturated heterocycles. The second kappa shape index (κ2) is 9.02. The Kier molecular flexibility index (Phi) is 6.74. The maximum Gasteiger partial charge on any atom is 0.244 e. The monoisotopic (exact) mass is 460 g/mol. The zero-order valence-corrected chi connectivity index (χ0v) is 20.3. The molecule has 2 unspecified atom stereocenters. The maximum atomic E-state index is 13.0. The lowest BCUT2D eigenvalue weighted by atomic mass is 9.86. The van der Waals surface area contributed by atoms with Gasteiger partial charge in [0.2, 0.25) is 15.9 Å². The van der Waals surface area contributed by atoms with Crippen LogP contribution in [0, 0.1) is 0 Å². The number of rotatable bonds is 6. The topological polar surface area (TPSA) is 84.9 Å². The predicted octanol–water partition coefficient (Wildman–Crippen LogP) is 3.79. The first-order valence-electron chi connectivity index (χ1n) is 10.7. The molecule has 0 aromatic heterocycles. The highest BCUT2D eigenvalue weighted by Gasteiger charge is 2.31. The Labute approximate surface area is 190 Å².